The number of ether oxygens (including phenoxy) is 1. The second-order valence-electron chi connectivity index (χ2n) is 8.24. The number of amides is 2. The molecule has 0 saturated carbocycles. The van der Waals surface area contributed by atoms with Gasteiger partial charge in [-0.3, -0.25) is 14.5 Å². The zero-order valence-electron chi connectivity index (χ0n) is 20.3. The number of rotatable bonds is 10. The van der Waals surface area contributed by atoms with E-state index in [0.29, 0.717) is 40.8 Å². The van der Waals surface area contributed by atoms with E-state index < -0.39 is 17.9 Å². The second kappa shape index (κ2) is 12.2. The predicted molar refractivity (Wildman–Crippen MR) is 143 cm³/mol. The van der Waals surface area contributed by atoms with E-state index in [1.54, 1.807) is 49.6 Å². The summed E-state index contributed by atoms with van der Waals surface area (Å²) in [5, 5.41) is 3.68. The number of esters is 1. The van der Waals surface area contributed by atoms with Gasteiger partial charge in [0.15, 0.2) is 0 Å². The van der Waals surface area contributed by atoms with Crippen LogP contribution in [0.3, 0.4) is 0 Å². The van der Waals surface area contributed by atoms with Gasteiger partial charge in [0, 0.05) is 35.6 Å². The number of carbonyl (C=O) groups excluding carboxylic acids is 3. The number of nitrogens with zero attached hydrogens (tertiary/aromatic N) is 2. The third-order valence-corrected chi connectivity index (χ3v) is 6.11. The molecular formula is C28H27ClN4O4. The van der Waals surface area contributed by atoms with Gasteiger partial charge >= 0.3 is 5.97 Å². The van der Waals surface area contributed by atoms with Gasteiger partial charge in [-0.25, -0.2) is 9.78 Å². The van der Waals surface area contributed by atoms with Crippen molar-refractivity contribution in [3.8, 4) is 0 Å². The van der Waals surface area contributed by atoms with Crippen molar-refractivity contribution in [2.45, 2.75) is 19.4 Å². The minimum Gasteiger partial charge on any atom is -0.462 e. The molecule has 2 aromatic carbocycles. The van der Waals surface area contributed by atoms with Crippen molar-refractivity contribution in [1.29, 1.82) is 0 Å². The lowest BCUT2D eigenvalue weighted by Gasteiger charge is -2.31. The molecular weight excluding hydrogens is 492 g/mol. The van der Waals surface area contributed by atoms with Gasteiger partial charge < -0.3 is 15.0 Å². The lowest BCUT2D eigenvalue weighted by atomic mass is 10.0. The topological polar surface area (TPSA) is 104 Å². The first kappa shape index (κ1) is 25.9. The highest BCUT2D eigenvalue weighted by molar-refractivity contribution is 6.30. The smallest absolute Gasteiger partial charge is 0.338 e. The summed E-state index contributed by atoms with van der Waals surface area (Å²) in [6, 6.07) is 18.7. The van der Waals surface area contributed by atoms with E-state index >= 15 is 0 Å². The Morgan fingerprint density at radius 1 is 1.05 bits per heavy atom. The Morgan fingerprint density at radius 2 is 1.81 bits per heavy atom. The maximum atomic E-state index is 13.7. The molecule has 8 nitrogen and oxygen atoms in total. The highest BCUT2D eigenvalue weighted by atomic mass is 35.5. The van der Waals surface area contributed by atoms with Crippen LogP contribution >= 0.6 is 11.6 Å². The molecule has 2 aromatic heterocycles. The third kappa shape index (κ3) is 5.98. The molecule has 0 aliphatic heterocycles. The number of nitrogens with one attached hydrogen (secondary N) is 2. The van der Waals surface area contributed by atoms with E-state index in [4.69, 9.17) is 16.3 Å². The van der Waals surface area contributed by atoms with E-state index in [1.165, 1.54) is 4.90 Å². The highest BCUT2D eigenvalue weighted by Crippen LogP contribution is 2.32. The lowest BCUT2D eigenvalue weighted by Crippen LogP contribution is -2.45. The second-order valence-corrected chi connectivity index (χ2v) is 8.50. The number of pyridine rings is 1. The molecule has 2 amide bonds. The van der Waals surface area contributed by atoms with Gasteiger partial charge in [-0.2, -0.15) is 0 Å². The van der Waals surface area contributed by atoms with Crippen molar-refractivity contribution in [3.05, 3.63) is 95.8 Å². The summed E-state index contributed by atoms with van der Waals surface area (Å²) in [6.07, 6.45) is 3.96. The molecule has 0 aliphatic rings. The summed E-state index contributed by atoms with van der Waals surface area (Å²) in [6.45, 7) is 2.35. The molecule has 0 radical (unpaired) electrons. The summed E-state index contributed by atoms with van der Waals surface area (Å²) in [4.78, 5) is 47.8. The van der Waals surface area contributed by atoms with Crippen LogP contribution in [0.4, 0.5) is 5.69 Å². The van der Waals surface area contributed by atoms with Crippen LogP contribution in [0.2, 0.25) is 0 Å². The quantitative estimate of drug-likeness (QED) is 0.239. The Bertz CT molecular complexity index is 1370. The van der Waals surface area contributed by atoms with Crippen LogP contribution in [0.1, 0.15) is 34.5 Å². The average molecular weight is 519 g/mol. The normalized spacial score (nSPS) is 11.6. The number of hydrogen-bond acceptors (Lipinski definition) is 5. The molecule has 9 heteroatoms. The highest BCUT2D eigenvalue weighted by Gasteiger charge is 2.34. The van der Waals surface area contributed by atoms with E-state index in [-0.39, 0.29) is 18.4 Å². The molecule has 4 rings (SSSR count). The van der Waals surface area contributed by atoms with Gasteiger partial charge in [-0.15, -0.1) is 11.6 Å². The summed E-state index contributed by atoms with van der Waals surface area (Å²) >= 11 is 6.02. The molecule has 190 valence electrons. The number of hydrogen-bond donors (Lipinski definition) is 2. The number of alkyl halides is 1. The van der Waals surface area contributed by atoms with Crippen molar-refractivity contribution in [3.63, 3.8) is 0 Å². The fourth-order valence-electron chi connectivity index (χ4n) is 4.15. The number of H-pyrrole nitrogens is 1. The maximum absolute atomic E-state index is 13.7. The zero-order valence-corrected chi connectivity index (χ0v) is 21.1. The Morgan fingerprint density at radius 3 is 2.51 bits per heavy atom. The maximum Gasteiger partial charge on any atom is 0.338 e. The summed E-state index contributed by atoms with van der Waals surface area (Å²) < 4.78 is 5.05. The van der Waals surface area contributed by atoms with E-state index in [0.717, 1.165) is 5.56 Å². The number of carbonyl (C=O) groups is 3. The Kier molecular flexibility index (Phi) is 8.53. The van der Waals surface area contributed by atoms with Crippen LogP contribution in [-0.4, -0.2) is 46.8 Å². The molecule has 4 aromatic rings. The molecule has 0 aliphatic carbocycles. The fourth-order valence-corrected chi connectivity index (χ4v) is 4.28. The number of anilines is 1. The first-order valence-corrected chi connectivity index (χ1v) is 12.5. The molecule has 37 heavy (non-hydrogen) atoms. The standard InChI is InChI=1S/C28H27ClN4O4/c1-2-37-28(36)20-10-12-21(13-11-20)33(24(34)17-29)25(23-18-32-26-22(23)9-6-15-30-26)27(35)31-16-14-19-7-4-3-5-8-19/h3-13,15,18,25H,2,14,16-17H2,1H3,(H,30,32)(H,31,35). The molecule has 0 fully saturated rings. The molecule has 1 unspecified atom stereocenters. The third-order valence-electron chi connectivity index (χ3n) is 5.88. The van der Waals surface area contributed by atoms with Crippen LogP contribution in [-0.2, 0) is 20.7 Å². The molecule has 0 saturated heterocycles. The molecule has 2 N–H and O–H groups in total. The Labute approximate surface area is 219 Å². The molecule has 2 heterocycles. The fraction of sp³-hybridized carbons (Fsp3) is 0.214. The van der Waals surface area contributed by atoms with E-state index in [9.17, 15) is 14.4 Å². The van der Waals surface area contributed by atoms with Crippen LogP contribution < -0.4 is 10.2 Å². The summed E-state index contributed by atoms with van der Waals surface area (Å²) in [5.74, 6) is -1.64. The number of aromatic nitrogens is 2. The van der Waals surface area contributed by atoms with Gasteiger partial charge in [-0.05, 0) is 55.3 Å². The van der Waals surface area contributed by atoms with Crippen LogP contribution in [0.25, 0.3) is 11.0 Å². The van der Waals surface area contributed by atoms with Gasteiger partial charge in [0.2, 0.25) is 11.8 Å². The average Bonchev–Trinajstić information content (AvgIpc) is 3.35. The SMILES string of the molecule is CCOC(=O)c1ccc(N(C(=O)CCl)C(C(=O)NCCc2ccccc2)c2c[nH]c3ncccc23)cc1. The van der Waals surface area contributed by atoms with Crippen molar-refractivity contribution in [2.75, 3.05) is 23.9 Å². The first-order chi connectivity index (χ1) is 18.0. The molecule has 0 spiro atoms. The van der Waals surface area contributed by atoms with Crippen molar-refractivity contribution >= 4 is 46.1 Å². The summed E-state index contributed by atoms with van der Waals surface area (Å²) in [7, 11) is 0. The van der Waals surface area contributed by atoms with Crippen LogP contribution in [0, 0.1) is 0 Å². The van der Waals surface area contributed by atoms with Gasteiger partial charge in [0.05, 0.1) is 12.2 Å². The van der Waals surface area contributed by atoms with Gasteiger partial charge in [-0.1, -0.05) is 30.3 Å². The lowest BCUT2D eigenvalue weighted by molar-refractivity contribution is -0.125. The first-order valence-electron chi connectivity index (χ1n) is 11.9. The van der Waals surface area contributed by atoms with E-state index in [1.807, 2.05) is 36.4 Å². The minimum absolute atomic E-state index is 0.247. The van der Waals surface area contributed by atoms with Gasteiger partial charge in [0.1, 0.15) is 17.6 Å². The van der Waals surface area contributed by atoms with Gasteiger partial charge in [0.25, 0.3) is 0 Å². The largest absolute Gasteiger partial charge is 0.462 e. The van der Waals surface area contributed by atoms with Crippen molar-refractivity contribution in [1.82, 2.24) is 15.3 Å². The van der Waals surface area contributed by atoms with Crippen LogP contribution in [0.15, 0.2) is 79.1 Å². The number of fused-ring (bicyclic) bond motifs is 1. The number of benzene rings is 2. The van der Waals surface area contributed by atoms with E-state index in [2.05, 4.69) is 15.3 Å². The summed E-state index contributed by atoms with van der Waals surface area (Å²) in [5.41, 5.74) is 3.01. The van der Waals surface area contributed by atoms with Crippen molar-refractivity contribution in [2.24, 2.45) is 0 Å². The monoisotopic (exact) mass is 518 g/mol. The predicted octanol–water partition coefficient (Wildman–Crippen LogP) is 4.41. The molecule has 1 atom stereocenters. The number of halogens is 1. The zero-order chi connectivity index (χ0) is 26.2. The Balaban J connectivity index is 1.70. The molecule has 0 bridgehead atoms. The number of aromatic amines is 1. The van der Waals surface area contributed by atoms with Crippen LogP contribution in [0.5, 0.6) is 0 Å². The minimum atomic E-state index is -1.03. The Hall–Kier alpha value is -4.17. The van der Waals surface area contributed by atoms with Crippen molar-refractivity contribution < 1.29 is 19.1 Å².